The summed E-state index contributed by atoms with van der Waals surface area (Å²) in [6.45, 7) is 12.5. The number of rotatable bonds is 5. The van der Waals surface area contributed by atoms with Crippen LogP contribution in [0.15, 0.2) is 0 Å². The first-order valence-corrected chi connectivity index (χ1v) is 7.54. The normalized spacial score (nSPS) is 20.3. The van der Waals surface area contributed by atoms with Crippen LogP contribution in [-0.2, 0) is 4.79 Å². The molecule has 0 spiro atoms. The van der Waals surface area contributed by atoms with Crippen LogP contribution in [0.25, 0.3) is 0 Å². The van der Waals surface area contributed by atoms with Gasteiger partial charge in [0.05, 0.1) is 0 Å². The van der Waals surface area contributed by atoms with Crippen LogP contribution in [-0.4, -0.2) is 43.0 Å². The zero-order valence-corrected chi connectivity index (χ0v) is 13.0. The maximum absolute atomic E-state index is 12.0. The summed E-state index contributed by atoms with van der Waals surface area (Å²) in [6, 6.07) is 0.355. The Labute approximate surface area is 118 Å². The molecule has 4 heteroatoms. The number of carbonyl (C=O) groups excluding carboxylic acids is 1. The third-order valence-corrected chi connectivity index (χ3v) is 4.37. The number of hydrogen-bond acceptors (Lipinski definition) is 3. The Kier molecular flexibility index (Phi) is 6.27. The van der Waals surface area contributed by atoms with E-state index in [1.54, 1.807) is 0 Å². The molecule has 0 radical (unpaired) electrons. The smallest absolute Gasteiger partial charge is 0.220 e. The number of nitrogens with two attached hydrogens (primary N) is 1. The number of hydrogen-bond donors (Lipinski definition) is 2. The molecule has 112 valence electrons. The highest BCUT2D eigenvalue weighted by molar-refractivity contribution is 5.76. The summed E-state index contributed by atoms with van der Waals surface area (Å²) < 4.78 is 0. The SMILES string of the molecule is CC(CC(=O)NC1CCN(CCN)CC1)C(C)(C)C. The van der Waals surface area contributed by atoms with Crippen LogP contribution < -0.4 is 11.1 Å². The molecule has 1 unspecified atom stereocenters. The Bertz CT molecular complexity index is 278. The van der Waals surface area contributed by atoms with Crippen molar-refractivity contribution in [2.75, 3.05) is 26.2 Å². The molecule has 0 aromatic carbocycles. The highest BCUT2D eigenvalue weighted by Crippen LogP contribution is 2.27. The minimum atomic E-state index is 0.196. The van der Waals surface area contributed by atoms with Gasteiger partial charge in [-0.3, -0.25) is 4.79 Å². The van der Waals surface area contributed by atoms with Crippen molar-refractivity contribution in [1.82, 2.24) is 10.2 Å². The van der Waals surface area contributed by atoms with Gasteiger partial charge in [0.2, 0.25) is 5.91 Å². The largest absolute Gasteiger partial charge is 0.353 e. The van der Waals surface area contributed by atoms with Gasteiger partial charge in [-0.1, -0.05) is 27.7 Å². The van der Waals surface area contributed by atoms with Crippen molar-refractivity contribution in [3.8, 4) is 0 Å². The van der Waals surface area contributed by atoms with E-state index in [9.17, 15) is 4.79 Å². The van der Waals surface area contributed by atoms with Gasteiger partial charge in [-0.15, -0.1) is 0 Å². The number of piperidine rings is 1. The molecule has 0 bridgehead atoms. The number of carbonyl (C=O) groups is 1. The molecule has 1 saturated heterocycles. The second-order valence-electron chi connectivity index (χ2n) is 6.94. The van der Waals surface area contributed by atoms with Gasteiger partial charge in [-0.25, -0.2) is 0 Å². The van der Waals surface area contributed by atoms with E-state index in [4.69, 9.17) is 5.73 Å². The third kappa shape index (κ3) is 5.91. The zero-order chi connectivity index (χ0) is 14.5. The molecule has 1 aliphatic heterocycles. The van der Waals surface area contributed by atoms with Gasteiger partial charge >= 0.3 is 0 Å². The van der Waals surface area contributed by atoms with Gasteiger partial charge in [0.15, 0.2) is 0 Å². The third-order valence-electron chi connectivity index (χ3n) is 4.37. The van der Waals surface area contributed by atoms with E-state index in [0.29, 0.717) is 18.4 Å². The Morgan fingerprint density at radius 2 is 1.95 bits per heavy atom. The van der Waals surface area contributed by atoms with E-state index in [1.165, 1.54) is 0 Å². The van der Waals surface area contributed by atoms with Crippen molar-refractivity contribution in [3.63, 3.8) is 0 Å². The first-order valence-electron chi connectivity index (χ1n) is 7.54. The van der Waals surface area contributed by atoms with E-state index in [2.05, 4.69) is 37.9 Å². The molecule has 1 heterocycles. The first kappa shape index (κ1) is 16.4. The van der Waals surface area contributed by atoms with Crippen LogP contribution in [0.3, 0.4) is 0 Å². The summed E-state index contributed by atoms with van der Waals surface area (Å²) in [6.07, 6.45) is 2.73. The predicted octanol–water partition coefficient (Wildman–Crippen LogP) is 1.60. The van der Waals surface area contributed by atoms with E-state index in [1.807, 2.05) is 0 Å². The molecule has 1 atom stereocenters. The number of amides is 1. The molecule has 0 saturated carbocycles. The van der Waals surface area contributed by atoms with Gasteiger partial charge in [0, 0.05) is 38.6 Å². The lowest BCUT2D eigenvalue weighted by Crippen LogP contribution is -2.46. The molecule has 1 amide bonds. The van der Waals surface area contributed by atoms with Crippen LogP contribution in [0.5, 0.6) is 0 Å². The number of likely N-dealkylation sites (tertiary alicyclic amines) is 1. The van der Waals surface area contributed by atoms with Crippen molar-refractivity contribution in [3.05, 3.63) is 0 Å². The van der Waals surface area contributed by atoms with Crippen LogP contribution in [0.1, 0.15) is 47.0 Å². The lowest BCUT2D eigenvalue weighted by molar-refractivity contribution is -0.123. The predicted molar refractivity (Wildman–Crippen MR) is 79.9 cm³/mol. The molecule has 1 fully saturated rings. The average Bonchev–Trinajstić information content (AvgIpc) is 2.30. The monoisotopic (exact) mass is 269 g/mol. The number of nitrogens with one attached hydrogen (secondary N) is 1. The molecule has 1 rings (SSSR count). The summed E-state index contributed by atoms with van der Waals surface area (Å²) in [5.74, 6) is 0.615. The van der Waals surface area contributed by atoms with Gasteiger partial charge in [-0.2, -0.15) is 0 Å². The molecule has 1 aliphatic rings. The molecule has 19 heavy (non-hydrogen) atoms. The summed E-state index contributed by atoms with van der Waals surface area (Å²) in [5.41, 5.74) is 5.76. The standard InChI is InChI=1S/C15H31N3O/c1-12(15(2,3)4)11-14(19)17-13-5-8-18(9-6-13)10-7-16/h12-13H,5-11,16H2,1-4H3,(H,17,19). The van der Waals surface area contributed by atoms with Crippen molar-refractivity contribution >= 4 is 5.91 Å². The Balaban J connectivity index is 2.27. The fraction of sp³-hybridized carbons (Fsp3) is 0.933. The van der Waals surface area contributed by atoms with Gasteiger partial charge in [0.25, 0.3) is 0 Å². The maximum atomic E-state index is 12.0. The van der Waals surface area contributed by atoms with Crippen LogP contribution in [0, 0.1) is 11.3 Å². The molecule has 0 aromatic rings. The van der Waals surface area contributed by atoms with E-state index in [0.717, 1.165) is 39.0 Å². The van der Waals surface area contributed by atoms with Crippen molar-refractivity contribution in [2.45, 2.75) is 53.0 Å². The topological polar surface area (TPSA) is 58.4 Å². The number of nitrogens with zero attached hydrogens (tertiary/aromatic N) is 1. The van der Waals surface area contributed by atoms with Crippen LogP contribution >= 0.6 is 0 Å². The molecule has 3 N–H and O–H groups in total. The van der Waals surface area contributed by atoms with Gasteiger partial charge in [-0.05, 0) is 24.2 Å². The minimum Gasteiger partial charge on any atom is -0.353 e. The minimum absolute atomic E-state index is 0.196. The van der Waals surface area contributed by atoms with Gasteiger partial charge < -0.3 is 16.0 Å². The van der Waals surface area contributed by atoms with E-state index < -0.39 is 0 Å². The molecule has 0 aromatic heterocycles. The van der Waals surface area contributed by atoms with E-state index >= 15 is 0 Å². The molecular formula is C15H31N3O. The summed E-state index contributed by atoms with van der Waals surface area (Å²) in [5, 5.41) is 3.19. The highest BCUT2D eigenvalue weighted by Gasteiger charge is 2.25. The fourth-order valence-electron chi connectivity index (χ4n) is 2.35. The average molecular weight is 269 g/mol. The van der Waals surface area contributed by atoms with E-state index in [-0.39, 0.29) is 11.3 Å². The Hall–Kier alpha value is -0.610. The maximum Gasteiger partial charge on any atom is 0.220 e. The Morgan fingerprint density at radius 1 is 1.37 bits per heavy atom. The summed E-state index contributed by atoms with van der Waals surface area (Å²) >= 11 is 0. The van der Waals surface area contributed by atoms with Crippen molar-refractivity contribution < 1.29 is 4.79 Å². The lowest BCUT2D eigenvalue weighted by atomic mass is 9.80. The Morgan fingerprint density at radius 3 is 2.42 bits per heavy atom. The summed E-state index contributed by atoms with van der Waals surface area (Å²) in [4.78, 5) is 14.4. The molecule has 0 aliphatic carbocycles. The highest BCUT2D eigenvalue weighted by atomic mass is 16.1. The summed E-state index contributed by atoms with van der Waals surface area (Å²) in [7, 11) is 0. The lowest BCUT2D eigenvalue weighted by Gasteiger charge is -2.33. The van der Waals surface area contributed by atoms with Crippen molar-refractivity contribution in [2.24, 2.45) is 17.1 Å². The second kappa shape index (κ2) is 7.25. The first-order chi connectivity index (χ1) is 8.82. The van der Waals surface area contributed by atoms with Crippen LogP contribution in [0.4, 0.5) is 0 Å². The molecule has 4 nitrogen and oxygen atoms in total. The quantitative estimate of drug-likeness (QED) is 0.797. The van der Waals surface area contributed by atoms with Crippen molar-refractivity contribution in [1.29, 1.82) is 0 Å². The molecular weight excluding hydrogens is 238 g/mol. The zero-order valence-electron chi connectivity index (χ0n) is 13.0. The fourth-order valence-corrected chi connectivity index (χ4v) is 2.35. The van der Waals surface area contributed by atoms with Gasteiger partial charge in [0.1, 0.15) is 0 Å². The van der Waals surface area contributed by atoms with Crippen LogP contribution in [0.2, 0.25) is 0 Å². The second-order valence-corrected chi connectivity index (χ2v) is 6.94.